The molecule has 0 unspecified atom stereocenters. The highest BCUT2D eigenvalue weighted by Crippen LogP contribution is 2.23. The molecule has 1 amide bonds. The first kappa shape index (κ1) is 16.3. The molecule has 0 aromatic heterocycles. The number of methoxy groups -OCH3 is 2. The summed E-state index contributed by atoms with van der Waals surface area (Å²) in [6.07, 6.45) is 0. The molecule has 23 heavy (non-hydrogen) atoms. The van der Waals surface area contributed by atoms with Crippen LogP contribution >= 0.6 is 0 Å². The molecule has 0 bridgehead atoms. The molecule has 2 rings (SSSR count). The number of hydrogen-bond donors (Lipinski definition) is 1. The summed E-state index contributed by atoms with van der Waals surface area (Å²) >= 11 is 0. The third-order valence-corrected chi connectivity index (χ3v) is 3.22. The predicted octanol–water partition coefficient (Wildman–Crippen LogP) is 2.84. The van der Waals surface area contributed by atoms with E-state index >= 15 is 0 Å². The maximum Gasteiger partial charge on any atom is 0.252 e. The summed E-state index contributed by atoms with van der Waals surface area (Å²) in [4.78, 5) is 12.3. The van der Waals surface area contributed by atoms with Gasteiger partial charge in [-0.3, -0.25) is 4.79 Å². The summed E-state index contributed by atoms with van der Waals surface area (Å²) in [5, 5.41) is 11.8. The van der Waals surface area contributed by atoms with Gasteiger partial charge >= 0.3 is 0 Å². The Morgan fingerprint density at radius 1 is 1.13 bits per heavy atom. The monoisotopic (exact) mass is 314 g/mol. The van der Waals surface area contributed by atoms with Crippen molar-refractivity contribution in [2.75, 3.05) is 14.2 Å². The van der Waals surface area contributed by atoms with Crippen molar-refractivity contribution in [3.63, 3.8) is 0 Å². The minimum Gasteiger partial charge on any atom is -0.497 e. The quantitative estimate of drug-likeness (QED) is 0.921. The van der Waals surface area contributed by atoms with E-state index in [9.17, 15) is 14.4 Å². The minimum atomic E-state index is -0.889. The number of nitriles is 1. The van der Waals surface area contributed by atoms with Crippen LogP contribution in [0.3, 0.4) is 0 Å². The van der Waals surface area contributed by atoms with Crippen LogP contribution in [0.25, 0.3) is 0 Å². The van der Waals surface area contributed by atoms with Crippen LogP contribution in [0.2, 0.25) is 0 Å². The van der Waals surface area contributed by atoms with Gasteiger partial charge in [0.15, 0.2) is 0 Å². The van der Waals surface area contributed by atoms with Gasteiger partial charge in [0.05, 0.1) is 20.3 Å². The van der Waals surface area contributed by atoms with Crippen LogP contribution in [0.1, 0.15) is 22.0 Å². The molecule has 1 N–H and O–H groups in total. The van der Waals surface area contributed by atoms with Gasteiger partial charge in [-0.25, -0.2) is 4.39 Å². The molecule has 0 fully saturated rings. The zero-order valence-corrected chi connectivity index (χ0v) is 12.7. The van der Waals surface area contributed by atoms with Crippen molar-refractivity contribution in [3.05, 3.63) is 59.4 Å². The van der Waals surface area contributed by atoms with E-state index in [1.54, 1.807) is 6.07 Å². The lowest BCUT2D eigenvalue weighted by molar-refractivity contribution is 0.0944. The summed E-state index contributed by atoms with van der Waals surface area (Å²) in [5.41, 5.74) is 0.792. The Balaban J connectivity index is 2.23. The number of carbonyl (C=O) groups excluding carboxylic acids is 1. The Kier molecular flexibility index (Phi) is 5.15. The molecule has 0 aliphatic carbocycles. The zero-order valence-electron chi connectivity index (χ0n) is 12.7. The molecule has 6 heteroatoms. The number of nitrogens with zero attached hydrogens (tertiary/aromatic N) is 1. The molecule has 2 aromatic carbocycles. The molecule has 0 saturated carbocycles. The maximum absolute atomic E-state index is 13.0. The van der Waals surface area contributed by atoms with Crippen LogP contribution in [0.4, 0.5) is 4.39 Å². The van der Waals surface area contributed by atoms with E-state index in [-0.39, 0.29) is 0 Å². The van der Waals surface area contributed by atoms with Gasteiger partial charge in [0.25, 0.3) is 5.91 Å². The van der Waals surface area contributed by atoms with Crippen LogP contribution in [0.15, 0.2) is 42.5 Å². The summed E-state index contributed by atoms with van der Waals surface area (Å²) in [6, 6.07) is 11.2. The number of rotatable bonds is 5. The third-order valence-electron chi connectivity index (χ3n) is 3.22. The number of carbonyl (C=O) groups is 1. The fraction of sp³-hybridized carbons (Fsp3) is 0.176. The van der Waals surface area contributed by atoms with Crippen molar-refractivity contribution >= 4 is 5.91 Å². The van der Waals surface area contributed by atoms with E-state index in [1.807, 2.05) is 6.07 Å². The van der Waals surface area contributed by atoms with Gasteiger partial charge in [0, 0.05) is 11.6 Å². The van der Waals surface area contributed by atoms with E-state index in [4.69, 9.17) is 9.47 Å². The summed E-state index contributed by atoms with van der Waals surface area (Å²) < 4.78 is 23.2. The maximum atomic E-state index is 13.0. The van der Waals surface area contributed by atoms with Crippen molar-refractivity contribution in [2.24, 2.45) is 0 Å². The van der Waals surface area contributed by atoms with Crippen molar-refractivity contribution in [1.29, 1.82) is 5.26 Å². The smallest absolute Gasteiger partial charge is 0.252 e. The van der Waals surface area contributed by atoms with Crippen LogP contribution in [0.5, 0.6) is 11.5 Å². The Labute approximate surface area is 133 Å². The molecule has 1 atom stereocenters. The summed E-state index contributed by atoms with van der Waals surface area (Å²) in [5.74, 6) is 0.0574. The topological polar surface area (TPSA) is 71.3 Å². The first-order chi connectivity index (χ1) is 11.1. The van der Waals surface area contributed by atoms with E-state index < -0.39 is 17.8 Å². The van der Waals surface area contributed by atoms with E-state index in [1.165, 1.54) is 50.6 Å². The molecule has 0 heterocycles. The lowest BCUT2D eigenvalue weighted by atomic mass is 10.1. The predicted molar refractivity (Wildman–Crippen MR) is 81.8 cm³/mol. The summed E-state index contributed by atoms with van der Waals surface area (Å²) in [6.45, 7) is 0. The molecule has 2 aromatic rings. The van der Waals surface area contributed by atoms with E-state index in [0.717, 1.165) is 0 Å². The van der Waals surface area contributed by atoms with Crippen molar-refractivity contribution in [3.8, 4) is 17.6 Å². The second kappa shape index (κ2) is 7.27. The largest absolute Gasteiger partial charge is 0.497 e. The van der Waals surface area contributed by atoms with Crippen molar-refractivity contribution < 1.29 is 18.7 Å². The lowest BCUT2D eigenvalue weighted by Crippen LogP contribution is -2.27. The fourth-order valence-corrected chi connectivity index (χ4v) is 2.00. The average Bonchev–Trinajstić information content (AvgIpc) is 2.59. The number of ether oxygens (including phenoxy) is 2. The van der Waals surface area contributed by atoms with Gasteiger partial charge in [-0.2, -0.15) is 5.26 Å². The first-order valence-electron chi connectivity index (χ1n) is 6.76. The lowest BCUT2D eigenvalue weighted by Gasteiger charge is -2.13. The first-order valence-corrected chi connectivity index (χ1v) is 6.76. The minimum absolute atomic E-state index is 0.295. The van der Waals surface area contributed by atoms with Gasteiger partial charge in [0.2, 0.25) is 0 Å². The van der Waals surface area contributed by atoms with Crippen molar-refractivity contribution in [2.45, 2.75) is 6.04 Å². The van der Waals surface area contributed by atoms with Crippen LogP contribution < -0.4 is 14.8 Å². The number of benzene rings is 2. The van der Waals surface area contributed by atoms with Gasteiger partial charge in [-0.05, 0) is 29.8 Å². The Morgan fingerprint density at radius 3 is 2.17 bits per heavy atom. The molecule has 0 radical (unpaired) electrons. The summed E-state index contributed by atoms with van der Waals surface area (Å²) in [7, 11) is 2.96. The van der Waals surface area contributed by atoms with Crippen molar-refractivity contribution in [1.82, 2.24) is 5.32 Å². The number of nitrogens with one attached hydrogen (secondary N) is 1. The highest BCUT2D eigenvalue weighted by atomic mass is 19.1. The molecule has 0 saturated heterocycles. The average molecular weight is 314 g/mol. The van der Waals surface area contributed by atoms with E-state index in [2.05, 4.69) is 5.32 Å². The molecule has 5 nitrogen and oxygen atoms in total. The van der Waals surface area contributed by atoms with Gasteiger partial charge in [-0.15, -0.1) is 0 Å². The molecular formula is C17H15FN2O3. The zero-order chi connectivity index (χ0) is 16.8. The standard InChI is InChI=1S/C17H15FN2O3/c1-22-14-7-12(8-15(9-14)23-2)17(21)20-16(10-19)11-3-5-13(18)6-4-11/h3-9,16H,1-2H3,(H,20,21)/t16-/m0/s1. The molecular weight excluding hydrogens is 299 g/mol. The highest BCUT2D eigenvalue weighted by Gasteiger charge is 2.16. The van der Waals surface area contributed by atoms with E-state index in [0.29, 0.717) is 22.6 Å². The SMILES string of the molecule is COc1cc(OC)cc(C(=O)N[C@@H](C#N)c2ccc(F)cc2)c1. The normalized spacial score (nSPS) is 11.2. The van der Waals surface area contributed by atoms with Crippen LogP contribution in [-0.2, 0) is 0 Å². The Morgan fingerprint density at radius 2 is 1.70 bits per heavy atom. The molecule has 0 spiro atoms. The highest BCUT2D eigenvalue weighted by molar-refractivity contribution is 5.95. The molecule has 0 aliphatic rings. The third kappa shape index (κ3) is 3.98. The van der Waals surface area contributed by atoms with Crippen LogP contribution in [0, 0.1) is 17.1 Å². The fourth-order valence-electron chi connectivity index (χ4n) is 2.00. The number of amides is 1. The number of hydrogen-bond acceptors (Lipinski definition) is 4. The Bertz CT molecular complexity index is 716. The Hall–Kier alpha value is -3.07. The van der Waals surface area contributed by atoms with Gasteiger partial charge < -0.3 is 14.8 Å². The van der Waals surface area contributed by atoms with Gasteiger partial charge in [0.1, 0.15) is 23.4 Å². The second-order valence-corrected chi connectivity index (χ2v) is 4.69. The molecule has 118 valence electrons. The molecule has 0 aliphatic heterocycles. The second-order valence-electron chi connectivity index (χ2n) is 4.69. The van der Waals surface area contributed by atoms with Crippen LogP contribution in [-0.4, -0.2) is 20.1 Å². The van der Waals surface area contributed by atoms with Gasteiger partial charge in [-0.1, -0.05) is 12.1 Å². The number of halogens is 1.